The highest BCUT2D eigenvalue weighted by Crippen LogP contribution is 2.31. The van der Waals surface area contributed by atoms with Gasteiger partial charge in [-0.3, -0.25) is 0 Å². The maximum Gasteiger partial charge on any atom is 0.0639 e. The molecule has 0 aromatic heterocycles. The van der Waals surface area contributed by atoms with Crippen molar-refractivity contribution in [2.75, 3.05) is 25.1 Å². The van der Waals surface area contributed by atoms with E-state index < -0.39 is 0 Å². The van der Waals surface area contributed by atoms with Crippen molar-refractivity contribution in [1.82, 2.24) is 0 Å². The lowest BCUT2D eigenvalue weighted by Gasteiger charge is -2.07. The van der Waals surface area contributed by atoms with E-state index in [1.165, 1.54) is 19.3 Å². The Kier molecular flexibility index (Phi) is 4.67. The molecular weight excluding hydrogens is 266 g/mol. The van der Waals surface area contributed by atoms with Gasteiger partial charge in [-0.2, -0.15) is 0 Å². The van der Waals surface area contributed by atoms with Crippen LogP contribution in [0.15, 0.2) is 28.7 Å². The largest absolute Gasteiger partial charge is 0.383 e. The van der Waals surface area contributed by atoms with Crippen molar-refractivity contribution in [1.29, 1.82) is 0 Å². The third-order valence-electron chi connectivity index (χ3n) is 2.79. The van der Waals surface area contributed by atoms with Crippen LogP contribution in [-0.4, -0.2) is 19.8 Å². The molecule has 1 aliphatic rings. The predicted molar refractivity (Wildman–Crippen MR) is 70.8 cm³/mol. The first-order valence-electron chi connectivity index (χ1n) is 5.92. The van der Waals surface area contributed by atoms with Crippen LogP contribution in [0.1, 0.15) is 19.3 Å². The molecule has 88 valence electrons. The summed E-state index contributed by atoms with van der Waals surface area (Å²) in [4.78, 5) is 0. The van der Waals surface area contributed by atoms with E-state index in [9.17, 15) is 0 Å². The second-order valence-corrected chi connectivity index (χ2v) is 5.19. The summed E-state index contributed by atoms with van der Waals surface area (Å²) in [5.41, 5.74) is 1.15. The van der Waals surface area contributed by atoms with E-state index in [0.29, 0.717) is 0 Å². The highest BCUT2D eigenvalue weighted by Gasteiger charge is 2.20. The number of halogens is 1. The first-order chi connectivity index (χ1) is 7.84. The molecule has 16 heavy (non-hydrogen) atoms. The first-order valence-corrected chi connectivity index (χ1v) is 6.71. The van der Waals surface area contributed by atoms with Crippen LogP contribution in [0.2, 0.25) is 0 Å². The molecule has 0 amide bonds. The van der Waals surface area contributed by atoms with Gasteiger partial charge in [0, 0.05) is 23.3 Å². The second-order valence-electron chi connectivity index (χ2n) is 4.28. The first kappa shape index (κ1) is 11.9. The van der Waals surface area contributed by atoms with Gasteiger partial charge in [-0.25, -0.2) is 0 Å². The molecule has 2 nitrogen and oxygen atoms in total. The van der Waals surface area contributed by atoms with Crippen LogP contribution < -0.4 is 5.32 Å². The number of rotatable bonds is 7. The van der Waals surface area contributed by atoms with Crippen LogP contribution in [0.25, 0.3) is 0 Å². The molecule has 1 aromatic carbocycles. The molecule has 1 N–H and O–H groups in total. The number of hydrogen-bond donors (Lipinski definition) is 1. The minimum Gasteiger partial charge on any atom is -0.383 e. The Morgan fingerprint density at radius 3 is 2.62 bits per heavy atom. The van der Waals surface area contributed by atoms with Gasteiger partial charge >= 0.3 is 0 Å². The van der Waals surface area contributed by atoms with Crippen molar-refractivity contribution in [3.8, 4) is 0 Å². The summed E-state index contributed by atoms with van der Waals surface area (Å²) in [6, 6.07) is 8.20. The van der Waals surface area contributed by atoms with Crippen LogP contribution >= 0.6 is 15.9 Å². The number of anilines is 1. The summed E-state index contributed by atoms with van der Waals surface area (Å²) in [6.45, 7) is 2.60. The molecule has 0 saturated heterocycles. The summed E-state index contributed by atoms with van der Waals surface area (Å²) in [6.07, 6.45) is 4.08. The zero-order valence-electron chi connectivity index (χ0n) is 9.42. The maximum absolute atomic E-state index is 5.56. The Labute approximate surface area is 106 Å². The molecule has 1 aromatic rings. The van der Waals surface area contributed by atoms with E-state index in [0.717, 1.165) is 35.8 Å². The summed E-state index contributed by atoms with van der Waals surface area (Å²) in [7, 11) is 0. The van der Waals surface area contributed by atoms with Gasteiger partial charge in [0.2, 0.25) is 0 Å². The van der Waals surface area contributed by atoms with Gasteiger partial charge in [0.25, 0.3) is 0 Å². The molecule has 1 aliphatic carbocycles. The van der Waals surface area contributed by atoms with Gasteiger partial charge in [-0.05, 0) is 36.6 Å². The normalized spacial score (nSPS) is 15.1. The zero-order valence-corrected chi connectivity index (χ0v) is 11.0. The van der Waals surface area contributed by atoms with Crippen molar-refractivity contribution in [3.05, 3.63) is 28.7 Å². The summed E-state index contributed by atoms with van der Waals surface area (Å²) >= 11 is 3.41. The number of benzene rings is 1. The fourth-order valence-corrected chi connectivity index (χ4v) is 1.86. The van der Waals surface area contributed by atoms with E-state index in [-0.39, 0.29) is 0 Å². The van der Waals surface area contributed by atoms with Gasteiger partial charge in [0.1, 0.15) is 0 Å². The maximum atomic E-state index is 5.56. The highest BCUT2D eigenvalue weighted by atomic mass is 79.9. The molecule has 0 spiro atoms. The third-order valence-corrected chi connectivity index (χ3v) is 3.32. The SMILES string of the molecule is Brc1ccc(NCCOCCC2CC2)cc1. The Morgan fingerprint density at radius 2 is 1.94 bits per heavy atom. The Balaban J connectivity index is 1.51. The molecule has 0 unspecified atom stereocenters. The van der Waals surface area contributed by atoms with Crippen LogP contribution in [-0.2, 0) is 4.74 Å². The second kappa shape index (κ2) is 6.26. The lowest BCUT2D eigenvalue weighted by Crippen LogP contribution is -2.10. The van der Waals surface area contributed by atoms with Crippen LogP contribution in [0, 0.1) is 5.92 Å². The topological polar surface area (TPSA) is 21.3 Å². The standard InChI is InChI=1S/C13H18BrNO/c14-12-3-5-13(6-4-12)15-8-10-16-9-7-11-1-2-11/h3-6,11,15H,1-2,7-10H2. The van der Waals surface area contributed by atoms with E-state index in [1.54, 1.807) is 0 Å². The number of hydrogen-bond acceptors (Lipinski definition) is 2. The molecule has 1 saturated carbocycles. The third kappa shape index (κ3) is 4.54. The van der Waals surface area contributed by atoms with Crippen molar-refractivity contribution in [3.63, 3.8) is 0 Å². The minimum absolute atomic E-state index is 0.794. The van der Waals surface area contributed by atoms with E-state index in [2.05, 4.69) is 33.4 Å². The van der Waals surface area contributed by atoms with E-state index in [4.69, 9.17) is 4.74 Å². The number of ether oxygens (including phenoxy) is 1. The molecule has 0 bridgehead atoms. The van der Waals surface area contributed by atoms with Gasteiger partial charge in [-0.15, -0.1) is 0 Å². The highest BCUT2D eigenvalue weighted by molar-refractivity contribution is 9.10. The predicted octanol–water partition coefficient (Wildman–Crippen LogP) is 3.68. The van der Waals surface area contributed by atoms with Crippen molar-refractivity contribution in [2.45, 2.75) is 19.3 Å². The monoisotopic (exact) mass is 283 g/mol. The fraction of sp³-hybridized carbons (Fsp3) is 0.538. The summed E-state index contributed by atoms with van der Waals surface area (Å²) in [5.74, 6) is 0.972. The smallest absolute Gasteiger partial charge is 0.0639 e. The van der Waals surface area contributed by atoms with Crippen molar-refractivity contribution >= 4 is 21.6 Å². The van der Waals surface area contributed by atoms with Gasteiger partial charge in [0.05, 0.1) is 6.61 Å². The molecule has 3 heteroatoms. The molecule has 0 aliphatic heterocycles. The number of nitrogens with one attached hydrogen (secondary N) is 1. The molecule has 0 radical (unpaired) electrons. The Morgan fingerprint density at radius 1 is 1.19 bits per heavy atom. The van der Waals surface area contributed by atoms with Gasteiger partial charge in [-0.1, -0.05) is 28.8 Å². The molecule has 0 heterocycles. The Hall–Kier alpha value is -0.540. The molecule has 1 fully saturated rings. The average molecular weight is 284 g/mol. The quantitative estimate of drug-likeness (QED) is 0.771. The van der Waals surface area contributed by atoms with Gasteiger partial charge < -0.3 is 10.1 Å². The van der Waals surface area contributed by atoms with E-state index >= 15 is 0 Å². The average Bonchev–Trinajstić information content (AvgIpc) is 3.10. The Bertz CT molecular complexity index is 308. The van der Waals surface area contributed by atoms with Gasteiger partial charge in [0.15, 0.2) is 0 Å². The lowest BCUT2D eigenvalue weighted by molar-refractivity contribution is 0.137. The lowest BCUT2D eigenvalue weighted by atomic mass is 10.3. The van der Waals surface area contributed by atoms with Crippen LogP contribution in [0.4, 0.5) is 5.69 Å². The summed E-state index contributed by atoms with van der Waals surface area (Å²) in [5, 5.41) is 3.33. The van der Waals surface area contributed by atoms with Crippen LogP contribution in [0.5, 0.6) is 0 Å². The molecule has 2 rings (SSSR count). The minimum atomic E-state index is 0.794. The van der Waals surface area contributed by atoms with Crippen molar-refractivity contribution < 1.29 is 4.74 Å². The molecular formula is C13H18BrNO. The fourth-order valence-electron chi connectivity index (χ4n) is 1.59. The zero-order chi connectivity index (χ0) is 11.2. The van der Waals surface area contributed by atoms with E-state index in [1.807, 2.05) is 12.1 Å². The summed E-state index contributed by atoms with van der Waals surface area (Å²) < 4.78 is 6.67. The van der Waals surface area contributed by atoms with Crippen molar-refractivity contribution in [2.24, 2.45) is 5.92 Å². The van der Waals surface area contributed by atoms with Crippen LogP contribution in [0.3, 0.4) is 0 Å². The molecule has 0 atom stereocenters.